The minimum absolute atomic E-state index is 0.0862. The number of carbonyl (C=O) groups is 1. The molecule has 6 rings (SSSR count). The second-order valence-electron chi connectivity index (χ2n) is 9.81. The van der Waals surface area contributed by atoms with Crippen LogP contribution in [0, 0.1) is 5.92 Å². The summed E-state index contributed by atoms with van der Waals surface area (Å²) in [6.07, 6.45) is 3.98. The van der Waals surface area contributed by atoms with Gasteiger partial charge in [0.2, 0.25) is 5.95 Å². The first-order valence-electron chi connectivity index (χ1n) is 13.0. The Bertz CT molecular complexity index is 1570. The summed E-state index contributed by atoms with van der Waals surface area (Å²) in [5, 5.41) is 3.03. The topological polar surface area (TPSA) is 112 Å². The van der Waals surface area contributed by atoms with Gasteiger partial charge >= 0.3 is 0 Å². The van der Waals surface area contributed by atoms with Gasteiger partial charge in [0, 0.05) is 41.9 Å². The lowest BCUT2D eigenvalue weighted by Gasteiger charge is -2.26. The lowest BCUT2D eigenvalue weighted by Crippen LogP contribution is -2.29. The van der Waals surface area contributed by atoms with Crippen LogP contribution in [0.15, 0.2) is 77.9 Å². The number of ether oxygens (including phenoxy) is 2. The molecule has 3 aromatic carbocycles. The van der Waals surface area contributed by atoms with Gasteiger partial charge in [0.1, 0.15) is 11.5 Å². The summed E-state index contributed by atoms with van der Waals surface area (Å²) in [5.74, 6) is 1.97. The highest BCUT2D eigenvalue weighted by Gasteiger charge is 2.28. The standard InChI is InChI=1S/C31H29N5O3/c1-38-25-7-2-19(3-8-25)10-12-33-30(37)22-6-9-29-23(14-22)15-24(18-39-29)28-17-21-5-4-20(16-27(21)35-28)26-11-13-34-31(32)36-26/h2-9,11,13-14,16,24H,10,12,15,17-18H2,1H3,(H,33,37)(H2,32,34,36). The molecule has 8 nitrogen and oxygen atoms in total. The van der Waals surface area contributed by atoms with Crippen LogP contribution in [0.25, 0.3) is 11.3 Å². The van der Waals surface area contributed by atoms with Crippen molar-refractivity contribution in [3.05, 3.63) is 95.2 Å². The van der Waals surface area contributed by atoms with E-state index in [1.54, 1.807) is 13.3 Å². The Morgan fingerprint density at radius 1 is 1.08 bits per heavy atom. The summed E-state index contributed by atoms with van der Waals surface area (Å²) < 4.78 is 11.3. The monoisotopic (exact) mass is 519 g/mol. The van der Waals surface area contributed by atoms with Crippen LogP contribution in [0.1, 0.15) is 27.0 Å². The molecule has 0 spiro atoms. The lowest BCUT2D eigenvalue weighted by atomic mass is 9.89. The van der Waals surface area contributed by atoms with E-state index in [1.807, 2.05) is 54.6 Å². The molecule has 0 bridgehead atoms. The summed E-state index contributed by atoms with van der Waals surface area (Å²) in [7, 11) is 1.65. The number of fused-ring (bicyclic) bond motifs is 2. The fourth-order valence-corrected chi connectivity index (χ4v) is 5.10. The maximum absolute atomic E-state index is 12.9. The van der Waals surface area contributed by atoms with Crippen molar-refractivity contribution in [1.82, 2.24) is 15.3 Å². The van der Waals surface area contributed by atoms with Gasteiger partial charge in [0.15, 0.2) is 0 Å². The number of nitrogens with one attached hydrogen (secondary N) is 1. The number of aliphatic imine (C=N–C) groups is 1. The van der Waals surface area contributed by atoms with Crippen LogP contribution >= 0.6 is 0 Å². The molecule has 196 valence electrons. The number of aromatic nitrogens is 2. The number of nitrogen functional groups attached to an aromatic ring is 1. The number of rotatable bonds is 7. The van der Waals surface area contributed by atoms with Gasteiger partial charge in [0.05, 0.1) is 25.1 Å². The largest absolute Gasteiger partial charge is 0.497 e. The number of nitrogens with two attached hydrogens (primary N) is 1. The Morgan fingerprint density at radius 2 is 1.95 bits per heavy atom. The molecule has 3 N–H and O–H groups in total. The number of hydrogen-bond donors (Lipinski definition) is 2. The van der Waals surface area contributed by atoms with Crippen molar-refractivity contribution in [3.8, 4) is 22.8 Å². The van der Waals surface area contributed by atoms with E-state index in [0.29, 0.717) is 18.7 Å². The fourth-order valence-electron chi connectivity index (χ4n) is 5.10. The van der Waals surface area contributed by atoms with E-state index in [2.05, 4.69) is 27.4 Å². The fraction of sp³-hybridized carbons (Fsp3) is 0.226. The van der Waals surface area contributed by atoms with E-state index in [0.717, 1.165) is 64.5 Å². The van der Waals surface area contributed by atoms with Crippen molar-refractivity contribution in [2.45, 2.75) is 19.3 Å². The average molecular weight is 520 g/mol. The van der Waals surface area contributed by atoms with Crippen LogP contribution < -0.4 is 20.5 Å². The molecule has 0 radical (unpaired) electrons. The zero-order valence-electron chi connectivity index (χ0n) is 21.7. The molecule has 2 aliphatic rings. The third-order valence-electron chi connectivity index (χ3n) is 7.25. The SMILES string of the molecule is COc1ccc(CCNC(=O)c2ccc3c(c2)CC(C2=Nc4cc(-c5ccnc(N)n5)ccc4C2)CO3)cc1. The van der Waals surface area contributed by atoms with Gasteiger partial charge in [-0.25, -0.2) is 9.97 Å². The second-order valence-corrected chi connectivity index (χ2v) is 9.81. The maximum Gasteiger partial charge on any atom is 0.251 e. The summed E-state index contributed by atoms with van der Waals surface area (Å²) in [6.45, 7) is 1.13. The predicted molar refractivity (Wildman–Crippen MR) is 151 cm³/mol. The van der Waals surface area contributed by atoms with Crippen molar-refractivity contribution in [3.63, 3.8) is 0 Å². The van der Waals surface area contributed by atoms with Crippen molar-refractivity contribution in [2.75, 3.05) is 26.0 Å². The van der Waals surface area contributed by atoms with Crippen LogP contribution in [0.5, 0.6) is 11.5 Å². The van der Waals surface area contributed by atoms with E-state index >= 15 is 0 Å². The highest BCUT2D eigenvalue weighted by molar-refractivity contribution is 5.97. The Balaban J connectivity index is 1.11. The molecule has 1 aromatic heterocycles. The Kier molecular flexibility index (Phi) is 6.67. The molecule has 1 amide bonds. The first-order valence-corrected chi connectivity index (χ1v) is 13.0. The summed E-state index contributed by atoms with van der Waals surface area (Å²) in [5.41, 5.74) is 13.6. The molecule has 8 heteroatoms. The molecule has 39 heavy (non-hydrogen) atoms. The number of nitrogens with zero attached hydrogens (tertiary/aromatic N) is 3. The maximum atomic E-state index is 12.9. The highest BCUT2D eigenvalue weighted by Crippen LogP contribution is 2.36. The molecule has 2 aliphatic heterocycles. The Labute approximate surface area is 226 Å². The summed E-state index contributed by atoms with van der Waals surface area (Å²) >= 11 is 0. The first kappa shape index (κ1) is 24.6. The minimum atomic E-state index is -0.0862. The number of methoxy groups -OCH3 is 1. The van der Waals surface area contributed by atoms with Crippen molar-refractivity contribution in [2.24, 2.45) is 10.9 Å². The molecular weight excluding hydrogens is 490 g/mol. The molecule has 1 atom stereocenters. The molecule has 0 saturated heterocycles. The number of anilines is 1. The van der Waals surface area contributed by atoms with Gasteiger partial charge in [-0.05, 0) is 72.0 Å². The predicted octanol–water partition coefficient (Wildman–Crippen LogP) is 4.59. The number of benzene rings is 3. The Hall–Kier alpha value is -4.72. The first-order chi connectivity index (χ1) is 19.1. The Morgan fingerprint density at radius 3 is 2.77 bits per heavy atom. The molecule has 0 saturated carbocycles. The normalized spacial score (nSPS) is 15.5. The van der Waals surface area contributed by atoms with Crippen molar-refractivity contribution in [1.29, 1.82) is 0 Å². The molecule has 1 unspecified atom stereocenters. The average Bonchev–Trinajstić information content (AvgIpc) is 3.40. The van der Waals surface area contributed by atoms with Crippen LogP contribution in [0.3, 0.4) is 0 Å². The van der Waals surface area contributed by atoms with Gasteiger partial charge in [-0.1, -0.05) is 24.3 Å². The van der Waals surface area contributed by atoms with Gasteiger partial charge in [-0.2, -0.15) is 0 Å². The molecule has 3 heterocycles. The van der Waals surface area contributed by atoms with Gasteiger partial charge < -0.3 is 20.5 Å². The molecule has 4 aromatic rings. The van der Waals surface area contributed by atoms with Crippen LogP contribution in [-0.4, -0.2) is 41.8 Å². The zero-order chi connectivity index (χ0) is 26.8. The van der Waals surface area contributed by atoms with Crippen LogP contribution in [0.4, 0.5) is 11.6 Å². The van der Waals surface area contributed by atoms with E-state index in [-0.39, 0.29) is 17.8 Å². The zero-order valence-corrected chi connectivity index (χ0v) is 21.7. The molecule has 0 aliphatic carbocycles. The number of amides is 1. The lowest BCUT2D eigenvalue weighted by molar-refractivity contribution is 0.0954. The van der Waals surface area contributed by atoms with Crippen LogP contribution in [-0.2, 0) is 19.3 Å². The summed E-state index contributed by atoms with van der Waals surface area (Å²) in [4.78, 5) is 26.1. The van der Waals surface area contributed by atoms with Crippen LogP contribution in [0.2, 0.25) is 0 Å². The van der Waals surface area contributed by atoms with E-state index in [4.69, 9.17) is 20.2 Å². The number of carbonyl (C=O) groups excluding carboxylic acids is 1. The van der Waals surface area contributed by atoms with Gasteiger partial charge in [-0.15, -0.1) is 0 Å². The van der Waals surface area contributed by atoms with E-state index in [9.17, 15) is 4.79 Å². The highest BCUT2D eigenvalue weighted by atomic mass is 16.5. The number of hydrogen-bond acceptors (Lipinski definition) is 7. The third-order valence-corrected chi connectivity index (χ3v) is 7.25. The van der Waals surface area contributed by atoms with Crippen molar-refractivity contribution >= 4 is 23.3 Å². The van der Waals surface area contributed by atoms with Gasteiger partial charge in [-0.3, -0.25) is 9.79 Å². The smallest absolute Gasteiger partial charge is 0.251 e. The minimum Gasteiger partial charge on any atom is -0.497 e. The van der Waals surface area contributed by atoms with Gasteiger partial charge in [0.25, 0.3) is 5.91 Å². The molecule has 0 fully saturated rings. The molecular formula is C31H29N5O3. The third kappa shape index (κ3) is 5.31. The quantitative estimate of drug-likeness (QED) is 0.370. The second kappa shape index (κ2) is 10.6. The van der Waals surface area contributed by atoms with E-state index < -0.39 is 0 Å². The van der Waals surface area contributed by atoms with Crippen molar-refractivity contribution < 1.29 is 14.3 Å². The van der Waals surface area contributed by atoms with E-state index in [1.165, 1.54) is 5.56 Å². The summed E-state index contributed by atoms with van der Waals surface area (Å²) in [6, 6.07) is 21.6.